The van der Waals surface area contributed by atoms with Crippen LogP contribution in [0.5, 0.6) is 80.5 Å². The number of carbonyl (C=O) groups is 4. The highest BCUT2D eigenvalue weighted by Gasteiger charge is 2.45. The molecule has 4 N–H and O–H groups in total. The molecule has 5 atom stereocenters. The maximum absolute atomic E-state index is 14.5. The van der Waals surface area contributed by atoms with E-state index in [-0.39, 0.29) is 126 Å². The Hall–Kier alpha value is -11.9. The Balaban J connectivity index is 0.715. The molecule has 3 heterocycles. The maximum atomic E-state index is 14.5. The number of hydrogen-bond acceptors (Lipinski definition) is 34. The van der Waals surface area contributed by atoms with Crippen molar-refractivity contribution in [3.8, 4) is 80.5 Å². The predicted molar refractivity (Wildman–Crippen MR) is 461 cm³/mol. The lowest BCUT2D eigenvalue weighted by Crippen LogP contribution is -2.60. The lowest BCUT2D eigenvalue weighted by Gasteiger charge is -2.39. The molecule has 39 heteroatoms. The van der Waals surface area contributed by atoms with Crippen LogP contribution in [0.3, 0.4) is 0 Å². The van der Waals surface area contributed by atoms with Crippen LogP contribution in [0.15, 0.2) is 140 Å². The second-order valence-corrected chi connectivity index (χ2v) is 33.9. The van der Waals surface area contributed by atoms with E-state index in [1.54, 1.807) is 71.6 Å². The third-order valence-electron chi connectivity index (χ3n) is 20.7. The zero-order valence-electron chi connectivity index (χ0n) is 71.5. The zero-order valence-corrected chi connectivity index (χ0v) is 74.0. The molecule has 128 heavy (non-hydrogen) atoms. The van der Waals surface area contributed by atoms with Gasteiger partial charge in [-0.15, -0.1) is 13.5 Å². The fraction of sp³-hybridized carbons (Fsp3) is 0.393. The van der Waals surface area contributed by atoms with E-state index in [9.17, 15) is 64.9 Å². The van der Waals surface area contributed by atoms with Crippen LogP contribution in [0.1, 0.15) is 106 Å². The Labute approximate surface area is 740 Å². The van der Waals surface area contributed by atoms with Gasteiger partial charge in [-0.2, -0.15) is 16.8 Å². The van der Waals surface area contributed by atoms with E-state index in [1.165, 1.54) is 147 Å². The molecular weight excluding hydrogens is 1730 g/mol. The van der Waals surface area contributed by atoms with Gasteiger partial charge in [0.1, 0.15) is 65.5 Å². The highest BCUT2D eigenvalue weighted by atomic mass is 32.3. The van der Waals surface area contributed by atoms with Gasteiger partial charge in [-0.05, 0) is 169 Å². The first kappa shape index (κ1) is 96.7. The average Bonchev–Trinajstić information content (AvgIpc) is 0.811. The topological polar surface area (TPSA) is 452 Å². The number of aliphatic hydroxyl groups excluding tert-OH is 4. The first-order valence-electron chi connectivity index (χ1n) is 40.5. The Morgan fingerprint density at radius 1 is 0.492 bits per heavy atom. The molecule has 36 nitrogen and oxygen atoms in total. The highest BCUT2D eigenvalue weighted by Crippen LogP contribution is 2.43. The SMILES string of the molecule is COc1ccc(/C=C\c2cc(OC)c(OC)c(OC)c2)cc1OS(=O)(=O)Cc1ccc(OCc2ccc(OS(=O)(=O)Oc3cc(C(=O)CCCOCCn4cc(COCCOCCCC(=O)C5CCC(CN6C(=O)C=CC6=O)CC5)nn4)ccc3OC3O[C@@H](CO)[C@@H](O)[C@@H](O)[C@@H]3O)cc2)c(CS(=O)(=O)Oc2cc(/C=C\c3cc(OC)c(OC)c(OC)c3)ccc2OC)c1. The fourth-order valence-corrected chi connectivity index (χ4v) is 17.0. The first-order chi connectivity index (χ1) is 61.5. The third kappa shape index (κ3) is 26.9. The summed E-state index contributed by atoms with van der Waals surface area (Å²) in [5, 5.41) is 50.1. The van der Waals surface area contributed by atoms with Gasteiger partial charge in [-0.1, -0.05) is 59.8 Å². The Bertz CT molecular complexity index is 5550. The number of ketones is 2. The smallest absolute Gasteiger partial charge is 0.493 e. The van der Waals surface area contributed by atoms with Crippen molar-refractivity contribution in [2.45, 2.75) is 113 Å². The minimum atomic E-state index is -5.20. The van der Waals surface area contributed by atoms with Crippen LogP contribution in [0.4, 0.5) is 0 Å². The molecule has 1 unspecified atom stereocenters. The molecule has 2 aliphatic heterocycles. The van der Waals surface area contributed by atoms with Crippen LogP contribution in [-0.4, -0.2) is 223 Å². The largest absolute Gasteiger partial charge is 0.501 e. The van der Waals surface area contributed by atoms with Gasteiger partial charge in [0.15, 0.2) is 63.3 Å². The van der Waals surface area contributed by atoms with Gasteiger partial charge >= 0.3 is 30.6 Å². The third-order valence-corrected chi connectivity index (χ3v) is 23.7. The summed E-state index contributed by atoms with van der Waals surface area (Å²) in [6.07, 6.45) is 6.32. The van der Waals surface area contributed by atoms with Crippen molar-refractivity contribution in [2.75, 3.05) is 103 Å². The van der Waals surface area contributed by atoms with Gasteiger partial charge in [0.2, 0.25) is 17.8 Å². The van der Waals surface area contributed by atoms with Crippen LogP contribution < -0.4 is 64.1 Å². The van der Waals surface area contributed by atoms with E-state index in [4.69, 9.17) is 83.0 Å². The van der Waals surface area contributed by atoms with Gasteiger partial charge in [-0.3, -0.25) is 24.1 Å². The molecule has 0 radical (unpaired) electrons. The monoisotopic (exact) mass is 1830 g/mol. The summed E-state index contributed by atoms with van der Waals surface area (Å²) < 4.78 is 188. The number of carbonyl (C=O) groups excluding carboxylic acids is 4. The van der Waals surface area contributed by atoms with Gasteiger partial charge < -0.3 is 103 Å². The standard InChI is InChI=1S/C89H102N4O32S3/c1-108-71-30-21-56(13-15-60-44-77(110-3)87(114-7)78(45-60)111-4)42-74(71)123-126(102,103)54-62-23-29-70(65(41-62)55-127(104,105)124-75-43-57(22-31-72(75)109-2)14-16-61-46-79(112-5)88(115-8)80(47-61)113-6)119-52-59-19-27-67(28-20-59)122-128(106,107)125-76-48-64(26-32-73(76)120-89-86(101)85(100)84(99)81(51-94)121-89)69(96)12-10-36-116-38-35-92-50-66(90-91-92)53-118-40-39-117-37-9-11-68(95)63-24-17-58(18-25-63)49-93-82(97)33-34-83(93)98/h13-16,19-23,26-34,41-48,50,58,63,81,84-86,89,94,99-101H,9-12,17-18,24-25,35-40,49,51-55H2,1-8H3/b15-13-,16-14-/t58?,63?,81-,84+,85+,86-,89?/m0/s1. The van der Waals surface area contributed by atoms with E-state index in [2.05, 4.69) is 10.3 Å². The molecule has 2 amide bonds. The quantitative estimate of drug-likeness (QED) is 0.00906. The van der Waals surface area contributed by atoms with Gasteiger partial charge in [-0.25, -0.2) is 4.68 Å². The summed E-state index contributed by atoms with van der Waals surface area (Å²) in [5.74, 6) is -1.88. The lowest BCUT2D eigenvalue weighted by atomic mass is 9.79. The van der Waals surface area contributed by atoms with Crippen molar-refractivity contribution >= 4 is 78.3 Å². The van der Waals surface area contributed by atoms with E-state index >= 15 is 0 Å². The number of aliphatic hydroxyl groups is 4. The van der Waals surface area contributed by atoms with Crippen molar-refractivity contribution in [1.82, 2.24) is 19.9 Å². The summed E-state index contributed by atoms with van der Waals surface area (Å²) in [6.45, 7) is 1.02. The van der Waals surface area contributed by atoms with Crippen molar-refractivity contribution < 1.29 is 148 Å². The van der Waals surface area contributed by atoms with Gasteiger partial charge in [0, 0.05) is 61.8 Å². The molecule has 2 fully saturated rings. The molecule has 0 spiro atoms. The average molecular weight is 1840 g/mol. The summed E-state index contributed by atoms with van der Waals surface area (Å²) in [4.78, 5) is 51.8. The van der Waals surface area contributed by atoms with Crippen LogP contribution >= 0.6 is 0 Å². The van der Waals surface area contributed by atoms with Crippen LogP contribution in [0.25, 0.3) is 24.3 Å². The number of methoxy groups -OCH3 is 8. The van der Waals surface area contributed by atoms with Crippen LogP contribution in [-0.2, 0) is 95.2 Å². The number of aromatic nitrogens is 3. The molecule has 688 valence electrons. The van der Waals surface area contributed by atoms with E-state index < -0.39 is 96.7 Å². The van der Waals surface area contributed by atoms with Gasteiger partial charge in [0.25, 0.3) is 11.8 Å². The number of hydrogen-bond donors (Lipinski definition) is 4. The minimum absolute atomic E-state index is 0.0284. The van der Waals surface area contributed by atoms with E-state index in [0.717, 1.165) is 37.8 Å². The lowest BCUT2D eigenvalue weighted by molar-refractivity contribution is -0.277. The predicted octanol–water partition coefficient (Wildman–Crippen LogP) is 9.26. The molecule has 1 saturated carbocycles. The van der Waals surface area contributed by atoms with Crippen molar-refractivity contribution in [1.29, 1.82) is 0 Å². The molecule has 1 aromatic heterocycles. The fourth-order valence-electron chi connectivity index (χ4n) is 14.1. The van der Waals surface area contributed by atoms with E-state index in [0.29, 0.717) is 107 Å². The summed E-state index contributed by atoms with van der Waals surface area (Å²) in [5.41, 5.74) is 3.07. The van der Waals surface area contributed by atoms with Crippen molar-refractivity contribution in [3.63, 3.8) is 0 Å². The van der Waals surface area contributed by atoms with Crippen LogP contribution in [0, 0.1) is 11.8 Å². The number of nitrogens with zero attached hydrogens (tertiary/aromatic N) is 4. The summed E-state index contributed by atoms with van der Waals surface area (Å²) in [6, 6.07) is 28.8. The second-order valence-electron chi connectivity index (χ2n) is 29.6. The normalized spacial score (nSPS) is 17.8. The summed E-state index contributed by atoms with van der Waals surface area (Å²) in [7, 11) is -3.01. The molecule has 0 bridgehead atoms. The Morgan fingerprint density at radius 3 is 1.58 bits per heavy atom. The number of rotatable bonds is 50. The molecule has 1 aliphatic carbocycles. The number of ether oxygens (including phenoxy) is 14. The molecule has 7 aromatic carbocycles. The Kier molecular flexibility index (Phi) is 34.5. The van der Waals surface area contributed by atoms with Crippen LogP contribution in [0.2, 0.25) is 0 Å². The Morgan fingerprint density at radius 2 is 1.01 bits per heavy atom. The molecular formula is C89H102N4O32S3. The minimum Gasteiger partial charge on any atom is -0.493 e. The molecule has 3 aliphatic rings. The molecule has 11 rings (SSSR count). The number of Topliss-reactive ketones (excluding diaryl/α,β-unsaturated/α-hetero) is 2. The molecule has 1 saturated heterocycles. The van der Waals surface area contributed by atoms with E-state index in [1.807, 2.05) is 0 Å². The maximum Gasteiger partial charge on any atom is 0.501 e. The number of imide groups is 1. The van der Waals surface area contributed by atoms with Crippen molar-refractivity contribution in [3.05, 3.63) is 190 Å². The zero-order chi connectivity index (χ0) is 91.7. The summed E-state index contributed by atoms with van der Waals surface area (Å²) >= 11 is 0. The number of amides is 2. The second kappa shape index (κ2) is 45.7. The van der Waals surface area contributed by atoms with Gasteiger partial charge in [0.05, 0.1) is 103 Å². The number of benzene rings is 7. The van der Waals surface area contributed by atoms with Crippen molar-refractivity contribution in [2.24, 2.45) is 11.8 Å². The highest BCUT2D eigenvalue weighted by molar-refractivity contribution is 7.86. The molecule has 8 aromatic rings. The first-order valence-corrected chi connectivity index (χ1v) is 45.0.